The molecule has 0 unspecified atom stereocenters. The van der Waals surface area contributed by atoms with Crippen molar-refractivity contribution in [2.75, 3.05) is 13.1 Å². The maximum Gasteiger partial charge on any atom is 0.416 e. The number of carbonyl (C=O) groups is 1. The number of halogens is 3. The number of hydrogen-bond acceptors (Lipinski definition) is 1. The summed E-state index contributed by atoms with van der Waals surface area (Å²) in [4.78, 5) is 14.0. The van der Waals surface area contributed by atoms with Crippen molar-refractivity contribution in [3.8, 4) is 0 Å². The molecule has 1 fully saturated rings. The molecule has 0 aromatic heterocycles. The minimum Gasteiger partial charge on any atom is -0.339 e. The summed E-state index contributed by atoms with van der Waals surface area (Å²) in [5, 5.41) is 0. The highest BCUT2D eigenvalue weighted by Crippen LogP contribution is 2.29. The van der Waals surface area contributed by atoms with Crippen molar-refractivity contribution in [3.63, 3.8) is 0 Å². The van der Waals surface area contributed by atoms with Gasteiger partial charge in [0.05, 0.1) is 5.56 Å². The Morgan fingerprint density at radius 3 is 2.20 bits per heavy atom. The molecule has 1 aliphatic heterocycles. The number of likely N-dealkylation sites (tertiary alicyclic amines) is 1. The van der Waals surface area contributed by atoms with Gasteiger partial charge in [-0.25, -0.2) is 0 Å². The molecule has 0 bridgehead atoms. The molecule has 0 spiro atoms. The van der Waals surface area contributed by atoms with Crippen LogP contribution in [0.15, 0.2) is 24.3 Å². The van der Waals surface area contributed by atoms with Gasteiger partial charge >= 0.3 is 6.18 Å². The summed E-state index contributed by atoms with van der Waals surface area (Å²) >= 11 is 0. The van der Waals surface area contributed by atoms with Gasteiger partial charge in [0.2, 0.25) is 0 Å². The van der Waals surface area contributed by atoms with Crippen molar-refractivity contribution in [2.45, 2.75) is 38.3 Å². The second kappa shape index (κ2) is 6.29. The summed E-state index contributed by atoms with van der Waals surface area (Å²) in [6, 6.07) is 4.68. The fourth-order valence-corrected chi connectivity index (χ4v) is 2.46. The van der Waals surface area contributed by atoms with E-state index in [0.717, 1.165) is 37.8 Å². The first-order valence-electron chi connectivity index (χ1n) is 6.95. The van der Waals surface area contributed by atoms with Gasteiger partial charge in [-0.3, -0.25) is 4.79 Å². The molecule has 0 radical (unpaired) electrons. The molecule has 1 aromatic rings. The van der Waals surface area contributed by atoms with Crippen LogP contribution in [-0.2, 0) is 6.18 Å². The maximum atomic E-state index is 12.7. The number of alkyl halides is 3. The number of benzene rings is 1. The van der Waals surface area contributed by atoms with E-state index in [9.17, 15) is 18.0 Å². The van der Waals surface area contributed by atoms with Gasteiger partial charge in [-0.05, 0) is 31.0 Å². The third kappa shape index (κ3) is 3.74. The summed E-state index contributed by atoms with van der Waals surface area (Å²) < 4.78 is 38.0. The van der Waals surface area contributed by atoms with Crippen LogP contribution in [0.3, 0.4) is 0 Å². The molecule has 1 aromatic carbocycles. The van der Waals surface area contributed by atoms with Gasteiger partial charge in [-0.15, -0.1) is 0 Å². The minimum absolute atomic E-state index is 0.125. The zero-order chi connectivity index (χ0) is 14.6. The minimum atomic E-state index is -4.41. The van der Waals surface area contributed by atoms with Gasteiger partial charge < -0.3 is 4.90 Å². The number of rotatable bonds is 1. The van der Waals surface area contributed by atoms with Crippen molar-refractivity contribution in [1.82, 2.24) is 4.90 Å². The normalized spacial score (nSPS) is 17.4. The van der Waals surface area contributed by atoms with Crippen LogP contribution in [0, 0.1) is 0 Å². The second-order valence-electron chi connectivity index (χ2n) is 5.14. The molecule has 0 N–H and O–H groups in total. The lowest BCUT2D eigenvalue weighted by atomic mass is 10.1. The lowest BCUT2D eigenvalue weighted by Gasteiger charge is -2.25. The van der Waals surface area contributed by atoms with Crippen molar-refractivity contribution in [3.05, 3.63) is 35.4 Å². The van der Waals surface area contributed by atoms with Gasteiger partial charge in [0.1, 0.15) is 0 Å². The van der Waals surface area contributed by atoms with E-state index in [4.69, 9.17) is 0 Å². The van der Waals surface area contributed by atoms with Gasteiger partial charge in [-0.1, -0.05) is 25.3 Å². The standard InChI is InChI=1S/C15H18F3NO/c16-15(17,18)13-8-6-7-12(11-13)14(20)19-9-4-2-1-3-5-10-19/h6-8,11H,1-5,9-10H2. The first kappa shape index (κ1) is 14.9. The fraction of sp³-hybridized carbons (Fsp3) is 0.533. The average molecular weight is 285 g/mol. The van der Waals surface area contributed by atoms with Crippen LogP contribution < -0.4 is 0 Å². The van der Waals surface area contributed by atoms with Crippen LogP contribution in [0.5, 0.6) is 0 Å². The third-order valence-electron chi connectivity index (χ3n) is 3.58. The predicted molar refractivity (Wildman–Crippen MR) is 70.4 cm³/mol. The summed E-state index contributed by atoms with van der Waals surface area (Å²) in [5.41, 5.74) is -0.643. The zero-order valence-electron chi connectivity index (χ0n) is 11.2. The van der Waals surface area contributed by atoms with Crippen LogP contribution in [0.25, 0.3) is 0 Å². The highest BCUT2D eigenvalue weighted by atomic mass is 19.4. The summed E-state index contributed by atoms with van der Waals surface area (Å²) in [5.74, 6) is -0.294. The molecule has 1 amide bonds. The molecular formula is C15H18F3NO. The van der Waals surface area contributed by atoms with Gasteiger partial charge in [-0.2, -0.15) is 13.2 Å². The molecule has 20 heavy (non-hydrogen) atoms. The first-order valence-corrected chi connectivity index (χ1v) is 6.95. The van der Waals surface area contributed by atoms with Crippen LogP contribution in [0.4, 0.5) is 13.2 Å². The average Bonchev–Trinajstić information content (AvgIpc) is 2.37. The van der Waals surface area contributed by atoms with E-state index in [-0.39, 0.29) is 11.5 Å². The Hall–Kier alpha value is -1.52. The molecule has 0 saturated carbocycles. The molecular weight excluding hydrogens is 267 g/mol. The molecule has 2 rings (SSSR count). The zero-order valence-corrected chi connectivity index (χ0v) is 11.2. The maximum absolute atomic E-state index is 12.7. The molecule has 0 atom stereocenters. The Balaban J connectivity index is 2.15. The van der Waals surface area contributed by atoms with Crippen LogP contribution in [0.1, 0.15) is 48.0 Å². The Kier molecular flexibility index (Phi) is 4.68. The Morgan fingerprint density at radius 2 is 1.60 bits per heavy atom. The number of carbonyl (C=O) groups excluding carboxylic acids is 1. The van der Waals surface area contributed by atoms with Crippen LogP contribution in [-0.4, -0.2) is 23.9 Å². The molecule has 2 nitrogen and oxygen atoms in total. The Morgan fingerprint density at radius 1 is 1.00 bits per heavy atom. The van der Waals surface area contributed by atoms with Crippen molar-refractivity contribution >= 4 is 5.91 Å². The van der Waals surface area contributed by atoms with Crippen molar-refractivity contribution < 1.29 is 18.0 Å². The van der Waals surface area contributed by atoms with Gasteiger partial charge in [0, 0.05) is 18.7 Å². The molecule has 1 aliphatic rings. The van der Waals surface area contributed by atoms with Gasteiger partial charge in [0.15, 0.2) is 0 Å². The fourth-order valence-electron chi connectivity index (χ4n) is 2.46. The Bertz CT molecular complexity index is 462. The largest absolute Gasteiger partial charge is 0.416 e. The van der Waals surface area contributed by atoms with Crippen LogP contribution >= 0.6 is 0 Å². The molecule has 0 aliphatic carbocycles. The lowest BCUT2D eigenvalue weighted by Crippen LogP contribution is -2.33. The monoisotopic (exact) mass is 285 g/mol. The van der Waals surface area contributed by atoms with E-state index < -0.39 is 11.7 Å². The van der Waals surface area contributed by atoms with E-state index in [1.165, 1.54) is 18.6 Å². The molecule has 5 heteroatoms. The highest BCUT2D eigenvalue weighted by molar-refractivity contribution is 5.94. The summed E-state index contributed by atoms with van der Waals surface area (Å²) in [7, 11) is 0. The Labute approximate surface area is 116 Å². The number of hydrogen-bond donors (Lipinski definition) is 0. The molecule has 110 valence electrons. The van der Waals surface area contributed by atoms with Crippen molar-refractivity contribution in [1.29, 1.82) is 0 Å². The quantitative estimate of drug-likeness (QED) is 0.760. The van der Waals surface area contributed by atoms with E-state index in [0.29, 0.717) is 13.1 Å². The summed E-state index contributed by atoms with van der Waals surface area (Å²) in [6.07, 6.45) is 0.756. The lowest BCUT2D eigenvalue weighted by molar-refractivity contribution is -0.137. The van der Waals surface area contributed by atoms with Crippen molar-refractivity contribution in [2.24, 2.45) is 0 Å². The highest BCUT2D eigenvalue weighted by Gasteiger charge is 2.31. The predicted octanol–water partition coefficient (Wildman–Crippen LogP) is 4.11. The first-order chi connectivity index (χ1) is 9.48. The smallest absolute Gasteiger partial charge is 0.339 e. The number of nitrogens with zero attached hydrogens (tertiary/aromatic N) is 1. The van der Waals surface area contributed by atoms with Gasteiger partial charge in [0.25, 0.3) is 5.91 Å². The van der Waals surface area contributed by atoms with E-state index in [1.807, 2.05) is 0 Å². The summed E-state index contributed by atoms with van der Waals surface area (Å²) in [6.45, 7) is 1.27. The molecule has 1 heterocycles. The number of amides is 1. The van der Waals surface area contributed by atoms with E-state index >= 15 is 0 Å². The molecule has 1 saturated heterocycles. The van der Waals surface area contributed by atoms with E-state index in [2.05, 4.69) is 0 Å². The third-order valence-corrected chi connectivity index (χ3v) is 3.58. The SMILES string of the molecule is O=C(c1cccc(C(F)(F)F)c1)N1CCCCCCC1. The van der Waals surface area contributed by atoms with Crippen LogP contribution in [0.2, 0.25) is 0 Å². The van der Waals surface area contributed by atoms with E-state index in [1.54, 1.807) is 4.90 Å². The second-order valence-corrected chi connectivity index (χ2v) is 5.14. The topological polar surface area (TPSA) is 20.3 Å².